The Morgan fingerprint density at radius 2 is 1.96 bits per heavy atom. The van der Waals surface area contributed by atoms with Crippen molar-refractivity contribution in [3.63, 3.8) is 0 Å². The summed E-state index contributed by atoms with van der Waals surface area (Å²) in [6, 6.07) is 0. The van der Waals surface area contributed by atoms with Crippen LogP contribution in [0.3, 0.4) is 0 Å². The summed E-state index contributed by atoms with van der Waals surface area (Å²) in [6.45, 7) is 5.74. The van der Waals surface area contributed by atoms with Crippen LogP contribution in [0.4, 0.5) is 0 Å². The number of nitrogens with one attached hydrogen (secondary N) is 1. The summed E-state index contributed by atoms with van der Waals surface area (Å²) in [5.74, 6) is -0.187. The molecular formula is C17H28N4O4S. The molecule has 8 nitrogen and oxygen atoms in total. The molecule has 2 aliphatic rings. The highest BCUT2D eigenvalue weighted by Crippen LogP contribution is 2.26. The maximum absolute atomic E-state index is 13.0. The molecule has 0 saturated carbocycles. The number of carbonyl (C=O) groups excluding carboxylic acids is 1. The van der Waals surface area contributed by atoms with E-state index >= 15 is 0 Å². The summed E-state index contributed by atoms with van der Waals surface area (Å²) in [6.07, 6.45) is 4.89. The van der Waals surface area contributed by atoms with Crippen molar-refractivity contribution in [1.29, 1.82) is 0 Å². The highest BCUT2D eigenvalue weighted by Gasteiger charge is 2.32. The molecule has 0 spiro atoms. The average Bonchev–Trinajstić information content (AvgIpc) is 3.22. The van der Waals surface area contributed by atoms with Gasteiger partial charge in [-0.25, -0.2) is 8.42 Å². The summed E-state index contributed by atoms with van der Waals surface area (Å²) in [4.78, 5) is 12.4. The molecule has 1 aromatic heterocycles. The van der Waals surface area contributed by atoms with Gasteiger partial charge in [0.15, 0.2) is 0 Å². The van der Waals surface area contributed by atoms with E-state index in [1.54, 1.807) is 13.8 Å². The molecule has 2 saturated heterocycles. The standard InChI is InChI=1S/C17H28N4O4S/c1-13-17(26(23,24)20-8-4-3-5-9-20)14(2)21(19-13)12-16(22)18-11-15-7-6-10-25-15/h15H,3-12H2,1-2H3,(H,18,22)/t15-/m0/s1. The van der Waals surface area contributed by atoms with Gasteiger partial charge in [-0.2, -0.15) is 9.40 Å². The molecular weight excluding hydrogens is 356 g/mol. The summed E-state index contributed by atoms with van der Waals surface area (Å²) in [7, 11) is -3.57. The third-order valence-electron chi connectivity index (χ3n) is 5.07. The molecule has 0 aliphatic carbocycles. The highest BCUT2D eigenvalue weighted by molar-refractivity contribution is 7.89. The van der Waals surface area contributed by atoms with Crippen LogP contribution >= 0.6 is 0 Å². The molecule has 3 heterocycles. The molecule has 1 amide bonds. The maximum atomic E-state index is 13.0. The summed E-state index contributed by atoms with van der Waals surface area (Å²) >= 11 is 0. The topological polar surface area (TPSA) is 93.5 Å². The van der Waals surface area contributed by atoms with Crippen LogP contribution < -0.4 is 5.32 Å². The fraction of sp³-hybridized carbons (Fsp3) is 0.765. The van der Waals surface area contributed by atoms with Crippen LogP contribution in [0.1, 0.15) is 43.5 Å². The number of hydrogen-bond donors (Lipinski definition) is 1. The van der Waals surface area contributed by atoms with Crippen LogP contribution in [-0.2, 0) is 26.1 Å². The van der Waals surface area contributed by atoms with E-state index in [9.17, 15) is 13.2 Å². The number of rotatable bonds is 6. The van der Waals surface area contributed by atoms with Gasteiger partial charge in [-0.15, -0.1) is 0 Å². The Labute approximate surface area is 154 Å². The number of ether oxygens (including phenoxy) is 1. The van der Waals surface area contributed by atoms with E-state index in [0.29, 0.717) is 31.0 Å². The van der Waals surface area contributed by atoms with E-state index < -0.39 is 10.0 Å². The van der Waals surface area contributed by atoms with E-state index in [4.69, 9.17) is 4.74 Å². The fourth-order valence-electron chi connectivity index (χ4n) is 3.67. The van der Waals surface area contributed by atoms with Crippen LogP contribution in [-0.4, -0.2) is 60.8 Å². The number of piperidine rings is 1. The minimum Gasteiger partial charge on any atom is -0.376 e. The summed E-state index contributed by atoms with van der Waals surface area (Å²) in [5.41, 5.74) is 0.959. The molecule has 26 heavy (non-hydrogen) atoms. The van der Waals surface area contributed by atoms with Crippen molar-refractivity contribution < 1.29 is 17.9 Å². The first-order chi connectivity index (χ1) is 12.4. The van der Waals surface area contributed by atoms with Gasteiger partial charge in [0.1, 0.15) is 11.4 Å². The Morgan fingerprint density at radius 1 is 1.23 bits per heavy atom. The fourth-order valence-corrected chi connectivity index (χ4v) is 5.56. The zero-order chi connectivity index (χ0) is 18.7. The number of amides is 1. The van der Waals surface area contributed by atoms with Crippen molar-refractivity contribution in [3.8, 4) is 0 Å². The van der Waals surface area contributed by atoms with Crippen LogP contribution in [0, 0.1) is 13.8 Å². The molecule has 1 atom stereocenters. The molecule has 9 heteroatoms. The summed E-state index contributed by atoms with van der Waals surface area (Å²) < 4.78 is 34.5. The Bertz CT molecular complexity index is 747. The van der Waals surface area contributed by atoms with Gasteiger partial charge in [0.2, 0.25) is 15.9 Å². The monoisotopic (exact) mass is 384 g/mol. The van der Waals surface area contributed by atoms with E-state index in [1.807, 2.05) is 0 Å². The van der Waals surface area contributed by atoms with Gasteiger partial charge >= 0.3 is 0 Å². The Kier molecular flexibility index (Phi) is 5.99. The largest absolute Gasteiger partial charge is 0.376 e. The van der Waals surface area contributed by atoms with E-state index in [-0.39, 0.29) is 23.5 Å². The minimum absolute atomic E-state index is 0.00884. The third-order valence-corrected chi connectivity index (χ3v) is 7.22. The lowest BCUT2D eigenvalue weighted by Gasteiger charge is -2.25. The average molecular weight is 385 g/mol. The van der Waals surface area contributed by atoms with Gasteiger partial charge in [-0.05, 0) is 39.5 Å². The van der Waals surface area contributed by atoms with Crippen LogP contribution in [0.25, 0.3) is 0 Å². The molecule has 1 N–H and O–H groups in total. The van der Waals surface area contributed by atoms with Gasteiger partial charge in [0.25, 0.3) is 0 Å². The van der Waals surface area contributed by atoms with Crippen molar-refractivity contribution in [2.24, 2.45) is 0 Å². The van der Waals surface area contributed by atoms with Crippen molar-refractivity contribution >= 4 is 15.9 Å². The molecule has 2 aliphatic heterocycles. The Morgan fingerprint density at radius 3 is 2.62 bits per heavy atom. The predicted octanol–water partition coefficient (Wildman–Crippen LogP) is 0.970. The second kappa shape index (κ2) is 8.06. The second-order valence-electron chi connectivity index (χ2n) is 7.06. The smallest absolute Gasteiger partial charge is 0.246 e. The van der Waals surface area contributed by atoms with E-state index in [2.05, 4.69) is 10.4 Å². The number of aryl methyl sites for hydroxylation is 1. The third kappa shape index (κ3) is 4.10. The number of aromatic nitrogens is 2. The lowest BCUT2D eigenvalue weighted by molar-refractivity contribution is -0.122. The van der Waals surface area contributed by atoms with Gasteiger partial charge in [0.05, 0.1) is 17.5 Å². The quantitative estimate of drug-likeness (QED) is 0.789. The van der Waals surface area contributed by atoms with E-state index in [1.165, 1.54) is 8.99 Å². The van der Waals surface area contributed by atoms with Crippen molar-refractivity contribution in [2.45, 2.75) is 63.5 Å². The van der Waals surface area contributed by atoms with Gasteiger partial charge in [0, 0.05) is 26.2 Å². The zero-order valence-corrected chi connectivity index (χ0v) is 16.3. The van der Waals surface area contributed by atoms with Crippen molar-refractivity contribution in [1.82, 2.24) is 19.4 Å². The van der Waals surface area contributed by atoms with Crippen LogP contribution in [0.2, 0.25) is 0 Å². The molecule has 146 valence electrons. The van der Waals surface area contributed by atoms with Crippen LogP contribution in [0.5, 0.6) is 0 Å². The number of sulfonamides is 1. The SMILES string of the molecule is Cc1nn(CC(=O)NC[C@@H]2CCCO2)c(C)c1S(=O)(=O)N1CCCCC1. The molecule has 0 unspecified atom stereocenters. The number of carbonyl (C=O) groups is 1. The highest BCUT2D eigenvalue weighted by atomic mass is 32.2. The first-order valence-electron chi connectivity index (χ1n) is 9.32. The van der Waals surface area contributed by atoms with Crippen molar-refractivity contribution in [2.75, 3.05) is 26.2 Å². The van der Waals surface area contributed by atoms with Crippen molar-refractivity contribution in [3.05, 3.63) is 11.4 Å². The predicted molar refractivity (Wildman–Crippen MR) is 96.3 cm³/mol. The number of nitrogens with zero attached hydrogens (tertiary/aromatic N) is 3. The van der Waals surface area contributed by atoms with Crippen LogP contribution in [0.15, 0.2) is 4.90 Å². The first-order valence-corrected chi connectivity index (χ1v) is 10.8. The normalized spacial score (nSPS) is 21.8. The van der Waals surface area contributed by atoms with Gasteiger partial charge < -0.3 is 10.1 Å². The minimum atomic E-state index is -3.57. The summed E-state index contributed by atoms with van der Waals surface area (Å²) in [5, 5.41) is 7.16. The first kappa shape index (κ1) is 19.3. The molecule has 0 bridgehead atoms. The van der Waals surface area contributed by atoms with Gasteiger partial charge in [-0.1, -0.05) is 6.42 Å². The Balaban J connectivity index is 1.69. The second-order valence-corrected chi connectivity index (χ2v) is 8.94. The lowest BCUT2D eigenvalue weighted by atomic mass is 10.2. The molecule has 1 aromatic rings. The van der Waals surface area contributed by atoms with E-state index in [0.717, 1.165) is 38.7 Å². The maximum Gasteiger partial charge on any atom is 0.246 e. The Hall–Kier alpha value is -1.45. The number of hydrogen-bond acceptors (Lipinski definition) is 5. The lowest BCUT2D eigenvalue weighted by Crippen LogP contribution is -2.36. The molecule has 2 fully saturated rings. The van der Waals surface area contributed by atoms with Gasteiger partial charge in [-0.3, -0.25) is 9.48 Å². The molecule has 3 rings (SSSR count). The molecule has 0 radical (unpaired) electrons. The zero-order valence-electron chi connectivity index (χ0n) is 15.5. The molecule has 0 aromatic carbocycles.